The molecule has 0 atom stereocenters. The number of hydrogen-bond acceptors (Lipinski definition) is 4. The topological polar surface area (TPSA) is 69.1 Å². The minimum absolute atomic E-state index is 0.479. The summed E-state index contributed by atoms with van der Waals surface area (Å²) in [6, 6.07) is 5.93. The number of rotatable bonds is 1. The van der Waals surface area contributed by atoms with E-state index in [1.165, 1.54) is 6.33 Å². The van der Waals surface area contributed by atoms with Crippen molar-refractivity contribution in [1.29, 1.82) is 0 Å². The highest BCUT2D eigenvalue weighted by Crippen LogP contribution is 2.28. The molecule has 0 amide bonds. The molecule has 3 heterocycles. The fourth-order valence-corrected chi connectivity index (χ4v) is 1.97. The van der Waals surface area contributed by atoms with Gasteiger partial charge in [-0.25, -0.2) is 9.50 Å². The molecule has 3 aromatic rings. The Morgan fingerprint density at radius 1 is 1.14 bits per heavy atom. The molecule has 0 saturated heterocycles. The Kier molecular flexibility index (Phi) is 6.33. The first-order valence-electron chi connectivity index (χ1n) is 7.26. The summed E-state index contributed by atoms with van der Waals surface area (Å²) in [6.45, 7) is 9.99. The van der Waals surface area contributed by atoms with Crippen molar-refractivity contribution in [2.24, 2.45) is 0 Å². The molecule has 0 saturated carbocycles. The fraction of sp³-hybridized carbons (Fsp3) is 0.312. The molecule has 0 aliphatic rings. The summed E-state index contributed by atoms with van der Waals surface area (Å²) < 4.78 is 1.80. The molecule has 0 fully saturated rings. The van der Waals surface area contributed by atoms with Crippen LogP contribution in [0.4, 0.5) is 5.82 Å². The second-order valence-electron chi connectivity index (χ2n) is 3.85. The first kappa shape index (κ1) is 16.6. The van der Waals surface area contributed by atoms with E-state index in [-0.39, 0.29) is 0 Å². The van der Waals surface area contributed by atoms with Gasteiger partial charge in [-0.2, -0.15) is 5.10 Å². The van der Waals surface area contributed by atoms with Crippen LogP contribution in [0.2, 0.25) is 0 Å². The van der Waals surface area contributed by atoms with Crippen molar-refractivity contribution in [2.45, 2.75) is 34.6 Å². The van der Waals surface area contributed by atoms with E-state index < -0.39 is 0 Å². The standard InChI is InChI=1S/C12H11N5.2C2H6/c1-8-5-10(9-3-2-4-14-6-9)11-12(13)15-7-16-17(8)11;2*1-2/h2-7H,1H3,(H2,13,15,16);2*1-2H3. The molecule has 0 radical (unpaired) electrons. The maximum atomic E-state index is 5.92. The Morgan fingerprint density at radius 2 is 1.86 bits per heavy atom. The van der Waals surface area contributed by atoms with Crippen LogP contribution in [0.1, 0.15) is 33.4 Å². The van der Waals surface area contributed by atoms with E-state index >= 15 is 0 Å². The van der Waals surface area contributed by atoms with Crippen LogP contribution in [-0.2, 0) is 0 Å². The second-order valence-corrected chi connectivity index (χ2v) is 3.85. The molecule has 0 aliphatic carbocycles. The van der Waals surface area contributed by atoms with Crippen molar-refractivity contribution < 1.29 is 0 Å². The van der Waals surface area contributed by atoms with Crippen LogP contribution >= 0.6 is 0 Å². The number of nitrogens with zero attached hydrogens (tertiary/aromatic N) is 4. The maximum absolute atomic E-state index is 5.92. The number of aromatic nitrogens is 4. The van der Waals surface area contributed by atoms with Crippen LogP contribution < -0.4 is 5.73 Å². The van der Waals surface area contributed by atoms with Gasteiger partial charge < -0.3 is 5.73 Å². The number of pyridine rings is 1. The molecule has 5 nitrogen and oxygen atoms in total. The van der Waals surface area contributed by atoms with E-state index in [0.717, 1.165) is 22.3 Å². The fourth-order valence-electron chi connectivity index (χ4n) is 1.97. The summed E-state index contributed by atoms with van der Waals surface area (Å²) in [4.78, 5) is 8.15. The van der Waals surface area contributed by atoms with E-state index in [2.05, 4.69) is 15.1 Å². The van der Waals surface area contributed by atoms with E-state index in [1.54, 1.807) is 16.9 Å². The molecule has 112 valence electrons. The van der Waals surface area contributed by atoms with Gasteiger partial charge in [-0.1, -0.05) is 33.8 Å². The normalized spacial score (nSPS) is 9.38. The molecule has 3 rings (SSSR count). The lowest BCUT2D eigenvalue weighted by molar-refractivity contribution is 0.875. The summed E-state index contributed by atoms with van der Waals surface area (Å²) in [6.07, 6.45) is 5.01. The van der Waals surface area contributed by atoms with Gasteiger partial charge in [0.2, 0.25) is 0 Å². The first-order chi connectivity index (χ1) is 10.3. The highest BCUT2D eigenvalue weighted by atomic mass is 15.3. The lowest BCUT2D eigenvalue weighted by Crippen LogP contribution is -2.00. The monoisotopic (exact) mass is 285 g/mol. The minimum Gasteiger partial charge on any atom is -0.382 e. The Bertz CT molecular complexity index is 674. The van der Waals surface area contributed by atoms with E-state index in [1.807, 2.05) is 52.8 Å². The van der Waals surface area contributed by atoms with Gasteiger partial charge >= 0.3 is 0 Å². The van der Waals surface area contributed by atoms with Crippen molar-refractivity contribution in [3.8, 4) is 11.1 Å². The third-order valence-corrected chi connectivity index (χ3v) is 2.73. The smallest absolute Gasteiger partial charge is 0.151 e. The van der Waals surface area contributed by atoms with Crippen molar-refractivity contribution >= 4 is 11.3 Å². The molecular formula is C16H23N5. The van der Waals surface area contributed by atoms with Crippen LogP contribution in [0.25, 0.3) is 16.6 Å². The third kappa shape index (κ3) is 3.37. The van der Waals surface area contributed by atoms with Gasteiger partial charge in [0.15, 0.2) is 5.82 Å². The predicted molar refractivity (Wildman–Crippen MR) is 88.1 cm³/mol. The molecule has 3 aromatic heterocycles. The number of aryl methyl sites for hydroxylation is 1. The van der Waals surface area contributed by atoms with Crippen molar-refractivity contribution in [3.05, 3.63) is 42.6 Å². The maximum Gasteiger partial charge on any atom is 0.151 e. The van der Waals surface area contributed by atoms with Crippen molar-refractivity contribution in [1.82, 2.24) is 19.6 Å². The molecule has 0 unspecified atom stereocenters. The zero-order valence-corrected chi connectivity index (χ0v) is 13.3. The van der Waals surface area contributed by atoms with Gasteiger partial charge in [-0.15, -0.1) is 0 Å². The molecule has 21 heavy (non-hydrogen) atoms. The molecule has 0 bridgehead atoms. The van der Waals surface area contributed by atoms with Crippen LogP contribution in [0.5, 0.6) is 0 Å². The lowest BCUT2D eigenvalue weighted by atomic mass is 10.1. The van der Waals surface area contributed by atoms with Gasteiger partial charge in [0.1, 0.15) is 11.8 Å². The Labute approximate surface area is 125 Å². The average Bonchev–Trinajstić information content (AvgIpc) is 2.91. The summed E-state index contributed by atoms with van der Waals surface area (Å²) in [7, 11) is 0. The van der Waals surface area contributed by atoms with Gasteiger partial charge in [-0.3, -0.25) is 4.98 Å². The van der Waals surface area contributed by atoms with E-state index in [9.17, 15) is 0 Å². The Balaban J connectivity index is 0.000000510. The van der Waals surface area contributed by atoms with Crippen LogP contribution in [0.3, 0.4) is 0 Å². The third-order valence-electron chi connectivity index (χ3n) is 2.73. The lowest BCUT2D eigenvalue weighted by Gasteiger charge is -2.01. The molecule has 0 aliphatic heterocycles. The number of nitrogens with two attached hydrogens (primary N) is 1. The van der Waals surface area contributed by atoms with Gasteiger partial charge in [0, 0.05) is 29.2 Å². The van der Waals surface area contributed by atoms with E-state index in [0.29, 0.717) is 5.82 Å². The molecule has 0 aromatic carbocycles. The summed E-state index contributed by atoms with van der Waals surface area (Å²) in [5.41, 5.74) is 9.79. The molecule has 2 N–H and O–H groups in total. The number of anilines is 1. The predicted octanol–water partition coefficient (Wildman–Crippen LogP) is 3.73. The number of hydrogen-bond donors (Lipinski definition) is 1. The minimum atomic E-state index is 0.479. The molecule has 0 spiro atoms. The largest absolute Gasteiger partial charge is 0.382 e. The molecule has 5 heteroatoms. The Morgan fingerprint density at radius 3 is 2.48 bits per heavy atom. The SMILES string of the molecule is CC.CC.Cc1cc(-c2cccnc2)c2c(N)ncnn12. The molecular weight excluding hydrogens is 262 g/mol. The number of nitrogen functional groups attached to an aromatic ring is 1. The van der Waals surface area contributed by atoms with Crippen molar-refractivity contribution in [2.75, 3.05) is 5.73 Å². The van der Waals surface area contributed by atoms with Gasteiger partial charge in [0.25, 0.3) is 0 Å². The van der Waals surface area contributed by atoms with Gasteiger partial charge in [-0.05, 0) is 19.1 Å². The quantitative estimate of drug-likeness (QED) is 0.739. The van der Waals surface area contributed by atoms with Crippen LogP contribution in [0, 0.1) is 6.92 Å². The number of fused-ring (bicyclic) bond motifs is 1. The summed E-state index contributed by atoms with van der Waals surface area (Å²) in [5, 5.41) is 4.19. The second kappa shape index (κ2) is 7.99. The Hall–Kier alpha value is -2.43. The summed E-state index contributed by atoms with van der Waals surface area (Å²) in [5.74, 6) is 0.479. The zero-order chi connectivity index (χ0) is 15.8. The first-order valence-corrected chi connectivity index (χ1v) is 7.26. The van der Waals surface area contributed by atoms with E-state index in [4.69, 9.17) is 5.73 Å². The average molecular weight is 285 g/mol. The van der Waals surface area contributed by atoms with Crippen LogP contribution in [-0.4, -0.2) is 19.6 Å². The summed E-state index contributed by atoms with van der Waals surface area (Å²) >= 11 is 0. The zero-order valence-electron chi connectivity index (χ0n) is 13.3. The highest BCUT2D eigenvalue weighted by molar-refractivity contribution is 5.87. The van der Waals surface area contributed by atoms with Gasteiger partial charge in [0.05, 0.1) is 0 Å². The highest BCUT2D eigenvalue weighted by Gasteiger charge is 2.12. The van der Waals surface area contributed by atoms with Crippen LogP contribution in [0.15, 0.2) is 36.9 Å². The van der Waals surface area contributed by atoms with Crippen molar-refractivity contribution in [3.63, 3.8) is 0 Å².